The van der Waals surface area contributed by atoms with Gasteiger partial charge in [-0.2, -0.15) is 0 Å². The predicted octanol–water partition coefficient (Wildman–Crippen LogP) is 16.5. The molecule has 254 valence electrons. The molecule has 0 N–H and O–H groups in total. The molecule has 0 aliphatic heterocycles. The first-order chi connectivity index (χ1) is 18.4. The fourth-order valence-electron chi connectivity index (χ4n) is 1.72. The first kappa shape index (κ1) is 55.9. The molecule has 0 heteroatoms. The fourth-order valence-corrected chi connectivity index (χ4v) is 1.72. The molecule has 0 radical (unpaired) electrons. The fraction of sp³-hybridized carbons (Fsp3) is 1.00. The van der Waals surface area contributed by atoms with Crippen LogP contribution in [-0.2, 0) is 0 Å². The average molecular weight is 575 g/mol. The van der Waals surface area contributed by atoms with Crippen molar-refractivity contribution < 1.29 is 0 Å². The third kappa shape index (κ3) is 118. The third-order valence-electron chi connectivity index (χ3n) is 7.13. The summed E-state index contributed by atoms with van der Waals surface area (Å²) in [5, 5.41) is 0. The van der Waals surface area contributed by atoms with Gasteiger partial charge in [0, 0.05) is 0 Å². The zero-order valence-corrected chi connectivity index (χ0v) is 33.6. The lowest BCUT2D eigenvalue weighted by molar-refractivity contribution is 0.398. The Morgan fingerprint density at radius 1 is 0.400 bits per heavy atom. The van der Waals surface area contributed by atoms with Crippen LogP contribution in [0.1, 0.15) is 229 Å². The van der Waals surface area contributed by atoms with Gasteiger partial charge in [0.05, 0.1) is 0 Å². The molecule has 0 heterocycles. The lowest BCUT2D eigenvalue weighted by Crippen LogP contribution is -2.00. The molecule has 0 nitrogen and oxygen atoms in total. The minimum absolute atomic E-state index is 0.542. The van der Waals surface area contributed by atoms with Crippen LogP contribution in [0.15, 0.2) is 0 Å². The summed E-state index contributed by atoms with van der Waals surface area (Å²) < 4.78 is 0. The molecule has 0 saturated heterocycles. The lowest BCUT2D eigenvalue weighted by Gasteiger charge is -2.12. The van der Waals surface area contributed by atoms with Crippen LogP contribution in [0.3, 0.4) is 0 Å². The van der Waals surface area contributed by atoms with E-state index >= 15 is 0 Å². The first-order valence-corrected chi connectivity index (χ1v) is 18.4. The Kier molecular flexibility index (Phi) is 68.0. The van der Waals surface area contributed by atoms with E-state index in [4.69, 9.17) is 0 Å². The van der Waals surface area contributed by atoms with Crippen LogP contribution in [0.5, 0.6) is 0 Å². The van der Waals surface area contributed by atoms with Crippen molar-refractivity contribution in [3.8, 4) is 0 Å². The van der Waals surface area contributed by atoms with Crippen molar-refractivity contribution in [1.29, 1.82) is 0 Å². The summed E-state index contributed by atoms with van der Waals surface area (Å²) in [6.45, 7) is 46.9. The predicted molar refractivity (Wildman–Crippen MR) is 199 cm³/mol. The van der Waals surface area contributed by atoms with Crippen LogP contribution in [0.4, 0.5) is 0 Å². The highest BCUT2D eigenvalue weighted by Gasteiger charge is 2.03. The van der Waals surface area contributed by atoms with E-state index in [1.54, 1.807) is 0 Å². The standard InChI is InChI=1S/5C6H14.2C5H12/c1-5-6(2,3)4;1-5(2)6(3)4;1-4-5-6(2)3;1-4-6(3)5-2;1-3-5-6-4-2;1-4-5(2)3;1-3-5-4-2/h5H2,1-4H3;5-6H,1-4H3;2*6H,4-5H2,1-3H3;3-6H2,1-2H3;5H,4H2,1-3H3;3-5H2,1-2H3. The van der Waals surface area contributed by atoms with Gasteiger partial charge < -0.3 is 0 Å². The summed E-state index contributed by atoms with van der Waals surface area (Å²) in [4.78, 5) is 0. The summed E-state index contributed by atoms with van der Waals surface area (Å²) in [7, 11) is 0. The Hall–Kier alpha value is 0. The van der Waals surface area contributed by atoms with Crippen LogP contribution < -0.4 is 0 Å². The molecule has 0 rings (SSSR count). The van der Waals surface area contributed by atoms with Crippen LogP contribution in [0.2, 0.25) is 0 Å². The van der Waals surface area contributed by atoms with Crippen LogP contribution in [0, 0.1) is 35.0 Å². The zero-order chi connectivity index (χ0) is 33.6. The minimum atomic E-state index is 0.542. The molecular formula is C40H94. The second-order valence-corrected chi connectivity index (χ2v) is 14.4. The molecule has 0 saturated carbocycles. The van der Waals surface area contributed by atoms with Crippen LogP contribution in [0.25, 0.3) is 0 Å². The number of hydrogen-bond donors (Lipinski definition) is 0. The van der Waals surface area contributed by atoms with E-state index in [-0.39, 0.29) is 0 Å². The SMILES string of the molecule is CC(C)C(C)C.CCC(C)(C)C.CCC(C)C.CCC(C)CC.CCCC(C)C.CCCCC.CCCCCC. The van der Waals surface area contributed by atoms with E-state index in [9.17, 15) is 0 Å². The Bertz CT molecular complexity index is 312. The highest BCUT2D eigenvalue weighted by molar-refractivity contribution is 4.55. The Morgan fingerprint density at radius 2 is 0.675 bits per heavy atom. The normalized spacial score (nSPS) is 10.1. The Morgan fingerprint density at radius 3 is 0.700 bits per heavy atom. The Labute approximate surface area is 263 Å². The zero-order valence-electron chi connectivity index (χ0n) is 33.6. The van der Waals surface area contributed by atoms with Gasteiger partial charge in [0.25, 0.3) is 0 Å². The van der Waals surface area contributed by atoms with Crippen molar-refractivity contribution >= 4 is 0 Å². The van der Waals surface area contributed by atoms with E-state index < -0.39 is 0 Å². The number of hydrogen-bond acceptors (Lipinski definition) is 0. The summed E-state index contributed by atoms with van der Waals surface area (Å²) >= 11 is 0. The molecule has 0 aromatic rings. The maximum absolute atomic E-state index is 2.28. The second kappa shape index (κ2) is 48.7. The average Bonchev–Trinajstić information content (AvgIpc) is 2.89. The van der Waals surface area contributed by atoms with E-state index in [1.807, 2.05) is 0 Å². The minimum Gasteiger partial charge on any atom is -0.0654 e. The van der Waals surface area contributed by atoms with Crippen LogP contribution >= 0.6 is 0 Å². The Balaban J connectivity index is -0.0000000636. The van der Waals surface area contributed by atoms with Gasteiger partial charge in [-0.3, -0.25) is 0 Å². The van der Waals surface area contributed by atoms with Gasteiger partial charge in [-0.1, -0.05) is 229 Å². The smallest absolute Gasteiger partial charge is 0.0385 e. The second-order valence-electron chi connectivity index (χ2n) is 14.4. The summed E-state index contributed by atoms with van der Waals surface area (Å²) in [5.41, 5.74) is 0.542. The van der Waals surface area contributed by atoms with Gasteiger partial charge in [0.15, 0.2) is 0 Å². The summed E-state index contributed by atoms with van der Waals surface area (Å²) in [6, 6.07) is 0. The molecule has 0 aromatic carbocycles. The molecule has 0 atom stereocenters. The van der Waals surface area contributed by atoms with Gasteiger partial charge in [0.2, 0.25) is 0 Å². The van der Waals surface area contributed by atoms with Gasteiger partial charge >= 0.3 is 0 Å². The van der Waals surface area contributed by atoms with E-state index in [0.717, 1.165) is 29.6 Å². The number of rotatable bonds is 11. The van der Waals surface area contributed by atoms with E-state index in [2.05, 4.69) is 145 Å². The molecular weight excluding hydrogens is 480 g/mol. The largest absolute Gasteiger partial charge is 0.0654 e. The topological polar surface area (TPSA) is 0 Å². The maximum atomic E-state index is 2.28. The van der Waals surface area contributed by atoms with Crippen molar-refractivity contribution in [3.63, 3.8) is 0 Å². The first-order valence-electron chi connectivity index (χ1n) is 18.4. The highest BCUT2D eigenvalue weighted by Crippen LogP contribution is 2.16. The summed E-state index contributed by atoms with van der Waals surface area (Å²) in [6.07, 6.45) is 17.6. The van der Waals surface area contributed by atoms with Crippen molar-refractivity contribution in [2.45, 2.75) is 229 Å². The van der Waals surface area contributed by atoms with Gasteiger partial charge in [0.1, 0.15) is 0 Å². The third-order valence-corrected chi connectivity index (χ3v) is 7.13. The van der Waals surface area contributed by atoms with Crippen molar-refractivity contribution in [3.05, 3.63) is 0 Å². The lowest BCUT2D eigenvalue weighted by atomic mass is 9.94. The monoisotopic (exact) mass is 575 g/mol. The van der Waals surface area contributed by atoms with E-state index in [0.29, 0.717) is 5.41 Å². The maximum Gasteiger partial charge on any atom is -0.0385 e. The molecule has 0 fully saturated rings. The molecule has 40 heavy (non-hydrogen) atoms. The summed E-state index contributed by atoms with van der Waals surface area (Å²) in [5.74, 6) is 4.42. The molecule has 0 amide bonds. The van der Waals surface area contributed by atoms with Gasteiger partial charge in [-0.05, 0) is 35.0 Å². The molecule has 0 aliphatic carbocycles. The molecule has 0 bridgehead atoms. The molecule has 0 aliphatic rings. The highest BCUT2D eigenvalue weighted by atomic mass is 14.1. The van der Waals surface area contributed by atoms with Crippen molar-refractivity contribution in [2.24, 2.45) is 35.0 Å². The molecule has 0 unspecified atom stereocenters. The quantitative estimate of drug-likeness (QED) is 0.215. The van der Waals surface area contributed by atoms with Gasteiger partial charge in [-0.15, -0.1) is 0 Å². The van der Waals surface area contributed by atoms with Crippen LogP contribution in [-0.4, -0.2) is 0 Å². The molecule has 0 spiro atoms. The van der Waals surface area contributed by atoms with Crippen molar-refractivity contribution in [1.82, 2.24) is 0 Å². The van der Waals surface area contributed by atoms with E-state index in [1.165, 1.54) is 83.5 Å². The van der Waals surface area contributed by atoms with Crippen molar-refractivity contribution in [2.75, 3.05) is 0 Å². The molecule has 0 aromatic heterocycles. The van der Waals surface area contributed by atoms with Gasteiger partial charge in [-0.25, -0.2) is 0 Å². The number of unbranched alkanes of at least 4 members (excludes halogenated alkanes) is 5.